The minimum Gasteiger partial charge on any atom is -0.481 e. The lowest BCUT2D eigenvalue weighted by atomic mass is 9.81. The lowest BCUT2D eigenvalue weighted by molar-refractivity contribution is -0.148. The predicted molar refractivity (Wildman–Crippen MR) is 93.1 cm³/mol. The Labute approximate surface area is 148 Å². The molecular formula is C18H26N4O3. The molecule has 0 saturated carbocycles. The number of hydrogen-bond donors (Lipinski definition) is 1. The van der Waals surface area contributed by atoms with Crippen molar-refractivity contribution in [2.24, 2.45) is 11.3 Å². The van der Waals surface area contributed by atoms with Crippen LogP contribution in [0.25, 0.3) is 0 Å². The van der Waals surface area contributed by atoms with E-state index in [-0.39, 0.29) is 18.5 Å². The Morgan fingerprint density at radius 3 is 2.60 bits per heavy atom. The molecule has 1 aromatic rings. The molecule has 0 radical (unpaired) electrons. The summed E-state index contributed by atoms with van der Waals surface area (Å²) in [7, 11) is 3.39. The van der Waals surface area contributed by atoms with Gasteiger partial charge in [0.1, 0.15) is 5.41 Å². The highest BCUT2D eigenvalue weighted by atomic mass is 16.4. The van der Waals surface area contributed by atoms with Crippen LogP contribution in [-0.4, -0.2) is 77.1 Å². The van der Waals surface area contributed by atoms with E-state index in [2.05, 4.69) is 22.9 Å². The van der Waals surface area contributed by atoms with Crippen molar-refractivity contribution in [3.8, 4) is 0 Å². The molecule has 2 saturated heterocycles. The van der Waals surface area contributed by atoms with Gasteiger partial charge in [0.2, 0.25) is 0 Å². The summed E-state index contributed by atoms with van der Waals surface area (Å²) < 4.78 is 0. The van der Waals surface area contributed by atoms with Crippen LogP contribution in [0, 0.1) is 11.3 Å². The van der Waals surface area contributed by atoms with Crippen molar-refractivity contribution in [3.05, 3.63) is 29.6 Å². The van der Waals surface area contributed by atoms with E-state index in [1.54, 1.807) is 19.0 Å². The Morgan fingerprint density at radius 1 is 1.32 bits per heavy atom. The van der Waals surface area contributed by atoms with Crippen LogP contribution >= 0.6 is 0 Å². The maximum atomic E-state index is 12.2. The number of carboxylic acid groups (broad SMARTS) is 1. The highest BCUT2D eigenvalue weighted by Gasteiger charge is 2.58. The SMILES string of the molecule is CCc1ccc(CN2C[C@H]3CN(C(=O)N(C)C)C[C@@]3(C(=O)O)C2)nc1. The first-order chi connectivity index (χ1) is 11.9. The van der Waals surface area contributed by atoms with Crippen molar-refractivity contribution in [3.63, 3.8) is 0 Å². The lowest BCUT2D eigenvalue weighted by Crippen LogP contribution is -2.44. The van der Waals surface area contributed by atoms with Crippen LogP contribution in [0.15, 0.2) is 18.3 Å². The van der Waals surface area contributed by atoms with Crippen LogP contribution in [0.3, 0.4) is 0 Å². The Hall–Kier alpha value is -2.15. The summed E-state index contributed by atoms with van der Waals surface area (Å²) >= 11 is 0. The number of amides is 2. The van der Waals surface area contributed by atoms with Gasteiger partial charge < -0.3 is 14.9 Å². The maximum Gasteiger partial charge on any atom is 0.319 e. The quantitative estimate of drug-likeness (QED) is 0.885. The van der Waals surface area contributed by atoms with Gasteiger partial charge in [0, 0.05) is 58.9 Å². The average molecular weight is 346 g/mol. The number of urea groups is 1. The van der Waals surface area contributed by atoms with E-state index in [1.165, 1.54) is 10.5 Å². The number of carboxylic acids is 1. The van der Waals surface area contributed by atoms with Crippen LogP contribution in [0.4, 0.5) is 4.79 Å². The minimum atomic E-state index is -0.866. The van der Waals surface area contributed by atoms with Crippen molar-refractivity contribution in [2.45, 2.75) is 19.9 Å². The van der Waals surface area contributed by atoms with Gasteiger partial charge in [0.15, 0.2) is 0 Å². The van der Waals surface area contributed by atoms with Gasteiger partial charge in [-0.1, -0.05) is 13.0 Å². The molecule has 2 atom stereocenters. The summed E-state index contributed by atoms with van der Waals surface area (Å²) in [5.41, 5.74) is 1.29. The standard InChI is InChI=1S/C18H26N4O3/c1-4-13-5-6-15(19-7-13)10-21-8-14-9-22(17(25)20(2)3)12-18(14,11-21)16(23)24/h5-7,14H,4,8-12H2,1-3H3,(H,23,24)/t14-,18-/m0/s1. The molecule has 25 heavy (non-hydrogen) atoms. The molecule has 3 rings (SSSR count). The maximum absolute atomic E-state index is 12.2. The summed E-state index contributed by atoms with van der Waals surface area (Å²) in [4.78, 5) is 34.1. The molecule has 0 aliphatic carbocycles. The van der Waals surface area contributed by atoms with E-state index in [0.29, 0.717) is 26.2 Å². The summed E-state index contributed by atoms with van der Waals surface area (Å²) in [6, 6.07) is 3.98. The average Bonchev–Trinajstić information content (AvgIpc) is 3.09. The predicted octanol–water partition coefficient (Wildman–Crippen LogP) is 1.14. The van der Waals surface area contributed by atoms with E-state index in [9.17, 15) is 14.7 Å². The van der Waals surface area contributed by atoms with Crippen molar-refractivity contribution in [1.29, 1.82) is 0 Å². The summed E-state index contributed by atoms with van der Waals surface area (Å²) in [5, 5.41) is 9.87. The van der Waals surface area contributed by atoms with E-state index in [1.807, 2.05) is 12.3 Å². The normalized spacial score (nSPS) is 25.9. The summed E-state index contributed by atoms with van der Waals surface area (Å²) in [6.07, 6.45) is 2.84. The van der Waals surface area contributed by atoms with Crippen LogP contribution in [0.1, 0.15) is 18.2 Å². The lowest BCUT2D eigenvalue weighted by Gasteiger charge is -2.27. The number of aromatic nitrogens is 1. The zero-order valence-corrected chi connectivity index (χ0v) is 15.1. The fraction of sp³-hybridized carbons (Fsp3) is 0.611. The second-order valence-electron chi connectivity index (χ2n) is 7.40. The molecule has 0 spiro atoms. The van der Waals surface area contributed by atoms with Crippen LogP contribution < -0.4 is 0 Å². The van der Waals surface area contributed by atoms with E-state index < -0.39 is 11.4 Å². The molecule has 7 heteroatoms. The number of aryl methyl sites for hydroxylation is 1. The number of fused-ring (bicyclic) bond motifs is 1. The number of hydrogen-bond acceptors (Lipinski definition) is 4. The Bertz CT molecular complexity index is 661. The van der Waals surface area contributed by atoms with Crippen LogP contribution in [-0.2, 0) is 17.8 Å². The molecule has 2 amide bonds. The monoisotopic (exact) mass is 346 g/mol. The van der Waals surface area contributed by atoms with Crippen molar-refractivity contribution in [2.75, 3.05) is 40.3 Å². The molecule has 1 aromatic heterocycles. The molecule has 2 aliphatic heterocycles. The molecule has 3 heterocycles. The molecular weight excluding hydrogens is 320 g/mol. The highest BCUT2D eigenvalue weighted by molar-refractivity contribution is 5.80. The van der Waals surface area contributed by atoms with Crippen molar-refractivity contribution >= 4 is 12.0 Å². The number of nitrogens with zero attached hydrogens (tertiary/aromatic N) is 4. The fourth-order valence-corrected chi connectivity index (χ4v) is 4.01. The van der Waals surface area contributed by atoms with Gasteiger partial charge in [-0.05, 0) is 18.1 Å². The largest absolute Gasteiger partial charge is 0.481 e. The Balaban J connectivity index is 1.71. The number of pyridine rings is 1. The molecule has 2 aliphatic rings. The zero-order chi connectivity index (χ0) is 18.2. The van der Waals surface area contributed by atoms with Gasteiger partial charge in [-0.15, -0.1) is 0 Å². The first kappa shape index (κ1) is 17.7. The molecule has 7 nitrogen and oxygen atoms in total. The van der Waals surface area contributed by atoms with E-state index >= 15 is 0 Å². The number of carbonyl (C=O) groups is 2. The molecule has 0 aromatic carbocycles. The molecule has 136 valence electrons. The molecule has 2 fully saturated rings. The van der Waals surface area contributed by atoms with Gasteiger partial charge in [-0.3, -0.25) is 14.7 Å². The smallest absolute Gasteiger partial charge is 0.319 e. The van der Waals surface area contributed by atoms with Crippen molar-refractivity contribution < 1.29 is 14.7 Å². The van der Waals surface area contributed by atoms with Crippen molar-refractivity contribution in [1.82, 2.24) is 19.7 Å². The van der Waals surface area contributed by atoms with Crippen LogP contribution in [0.2, 0.25) is 0 Å². The number of carbonyl (C=O) groups excluding carboxylic acids is 1. The zero-order valence-electron chi connectivity index (χ0n) is 15.1. The topological polar surface area (TPSA) is 77.0 Å². The Morgan fingerprint density at radius 2 is 2.08 bits per heavy atom. The van der Waals surface area contributed by atoms with E-state index in [0.717, 1.165) is 12.1 Å². The van der Waals surface area contributed by atoms with E-state index in [4.69, 9.17) is 0 Å². The third-order valence-corrected chi connectivity index (χ3v) is 5.44. The number of rotatable bonds is 4. The van der Waals surface area contributed by atoms with Gasteiger partial charge >= 0.3 is 12.0 Å². The van der Waals surface area contributed by atoms with Crippen LogP contribution in [0.5, 0.6) is 0 Å². The Kier molecular flexibility index (Phi) is 4.69. The fourth-order valence-electron chi connectivity index (χ4n) is 4.01. The summed E-state index contributed by atoms with van der Waals surface area (Å²) in [6.45, 7) is 4.67. The number of aliphatic carboxylic acids is 1. The second-order valence-corrected chi connectivity index (χ2v) is 7.40. The van der Waals surface area contributed by atoms with Gasteiger partial charge in [0.25, 0.3) is 0 Å². The highest BCUT2D eigenvalue weighted by Crippen LogP contribution is 2.43. The number of likely N-dealkylation sites (tertiary alicyclic amines) is 2. The molecule has 1 N–H and O–H groups in total. The van der Waals surface area contributed by atoms with Gasteiger partial charge in [0.05, 0.1) is 5.69 Å². The van der Waals surface area contributed by atoms with Gasteiger partial charge in [-0.2, -0.15) is 0 Å². The molecule has 0 bridgehead atoms. The second kappa shape index (κ2) is 6.63. The molecule has 0 unspecified atom stereocenters. The third-order valence-electron chi connectivity index (χ3n) is 5.44. The summed E-state index contributed by atoms with van der Waals surface area (Å²) in [5.74, 6) is -0.841. The first-order valence-corrected chi connectivity index (χ1v) is 8.71. The first-order valence-electron chi connectivity index (χ1n) is 8.71. The van der Waals surface area contributed by atoms with Gasteiger partial charge in [-0.25, -0.2) is 4.79 Å². The minimum absolute atomic E-state index is 0.0381. The third kappa shape index (κ3) is 3.20.